The van der Waals surface area contributed by atoms with Gasteiger partial charge in [0.2, 0.25) is 0 Å². The van der Waals surface area contributed by atoms with Crippen LogP contribution in [-0.4, -0.2) is 37.6 Å². The van der Waals surface area contributed by atoms with Gasteiger partial charge in [0.1, 0.15) is 0 Å². The van der Waals surface area contributed by atoms with Gasteiger partial charge in [-0.2, -0.15) is 0 Å². The van der Waals surface area contributed by atoms with Crippen molar-refractivity contribution in [2.24, 2.45) is 0 Å². The van der Waals surface area contributed by atoms with E-state index in [1.54, 1.807) is 0 Å². The molecule has 0 aliphatic carbocycles. The van der Waals surface area contributed by atoms with Crippen molar-refractivity contribution in [3.63, 3.8) is 0 Å². The molecule has 0 fully saturated rings. The van der Waals surface area contributed by atoms with Crippen LogP contribution in [0.25, 0.3) is 0 Å². The molecule has 0 aliphatic rings. The summed E-state index contributed by atoms with van der Waals surface area (Å²) in [5.74, 6) is 3.18. The van der Waals surface area contributed by atoms with Crippen LogP contribution in [0.4, 0.5) is 0 Å². The number of hydrogen-bond acceptors (Lipinski definition) is 1. The monoisotopic (exact) mass is 349 g/mol. The Morgan fingerprint density at radius 2 is 1.20 bits per heavy atom. The fraction of sp³-hybridized carbons (Fsp3) is 0.818. The predicted molar refractivity (Wildman–Crippen MR) is 79.5 cm³/mol. The van der Waals surface area contributed by atoms with E-state index in [-0.39, 0.29) is 0 Å². The molecule has 0 aromatic heterocycles. The average molecular weight is 348 g/mol. The summed E-state index contributed by atoms with van der Waals surface area (Å²) in [5.41, 5.74) is 0. The molecular formula is C11H27NSi2Sn. The maximum absolute atomic E-state index is 3.59. The van der Waals surface area contributed by atoms with Gasteiger partial charge in [0, 0.05) is 0 Å². The van der Waals surface area contributed by atoms with Gasteiger partial charge in [-0.1, -0.05) is 0 Å². The molecule has 0 atom stereocenters. The number of rotatable bonds is 3. The van der Waals surface area contributed by atoms with E-state index >= 15 is 0 Å². The molecule has 0 rings (SSSR count). The van der Waals surface area contributed by atoms with Crippen molar-refractivity contribution >= 4 is 35.1 Å². The molecular weight excluding hydrogens is 321 g/mol. The molecule has 4 heteroatoms. The predicted octanol–water partition coefficient (Wildman–Crippen LogP) is 3.73. The summed E-state index contributed by atoms with van der Waals surface area (Å²) in [5, 5.41) is 0. The molecule has 88 valence electrons. The van der Waals surface area contributed by atoms with E-state index in [2.05, 4.69) is 61.5 Å². The van der Waals surface area contributed by atoms with Crippen molar-refractivity contribution in [3.05, 3.63) is 0 Å². The summed E-state index contributed by atoms with van der Waals surface area (Å²) < 4.78 is 6.55. The van der Waals surface area contributed by atoms with Crippen LogP contribution in [0.2, 0.25) is 49.2 Å². The zero-order chi connectivity index (χ0) is 12.5. The van der Waals surface area contributed by atoms with Crippen molar-refractivity contribution in [3.8, 4) is 9.86 Å². The topological polar surface area (TPSA) is 3.24 Å². The normalized spacial score (nSPS) is 13.7. The quantitative estimate of drug-likeness (QED) is 0.555. The Balaban J connectivity index is 5.39. The first-order valence-corrected chi connectivity index (χ1v) is 21.0. The van der Waals surface area contributed by atoms with Crippen LogP contribution in [0.1, 0.15) is 6.92 Å². The van der Waals surface area contributed by atoms with E-state index in [1.807, 2.05) is 6.92 Å². The van der Waals surface area contributed by atoms with Crippen LogP contribution in [0.3, 0.4) is 0 Å². The summed E-state index contributed by atoms with van der Waals surface area (Å²) >= 11 is -2.30. The van der Waals surface area contributed by atoms with Gasteiger partial charge in [-0.05, 0) is 0 Å². The Bertz CT molecular complexity index is 262. The molecule has 0 N–H and O–H groups in total. The fourth-order valence-electron chi connectivity index (χ4n) is 3.05. The van der Waals surface area contributed by atoms with Crippen molar-refractivity contribution in [2.75, 3.05) is 0 Å². The summed E-state index contributed by atoms with van der Waals surface area (Å²) in [7, 11) is -2.42. The summed E-state index contributed by atoms with van der Waals surface area (Å²) in [6.45, 7) is 16.8. The molecule has 0 bridgehead atoms. The van der Waals surface area contributed by atoms with E-state index in [9.17, 15) is 0 Å². The molecule has 0 aromatic carbocycles. The van der Waals surface area contributed by atoms with Crippen LogP contribution in [-0.2, 0) is 0 Å². The third-order valence-corrected chi connectivity index (χ3v) is 33.7. The van der Waals surface area contributed by atoms with Crippen molar-refractivity contribution < 1.29 is 0 Å². The zero-order valence-electron chi connectivity index (χ0n) is 11.9. The second-order valence-corrected chi connectivity index (χ2v) is 30.1. The van der Waals surface area contributed by atoms with Crippen LogP contribution >= 0.6 is 0 Å². The summed E-state index contributed by atoms with van der Waals surface area (Å²) in [6, 6.07) is 0. The Labute approximate surface area is 103 Å². The van der Waals surface area contributed by atoms with Crippen molar-refractivity contribution in [1.82, 2.24) is 2.45 Å². The number of hydrogen-bond donors (Lipinski definition) is 0. The van der Waals surface area contributed by atoms with Crippen LogP contribution < -0.4 is 0 Å². The maximum atomic E-state index is 3.59. The third kappa shape index (κ3) is 4.63. The van der Waals surface area contributed by atoms with Gasteiger partial charge in [0.25, 0.3) is 0 Å². The first-order valence-electron chi connectivity index (χ1n) is 5.67. The first kappa shape index (κ1) is 15.8. The molecule has 0 radical (unpaired) electrons. The first-order chi connectivity index (χ1) is 6.43. The van der Waals surface area contributed by atoms with Gasteiger partial charge in [-0.25, -0.2) is 0 Å². The van der Waals surface area contributed by atoms with Crippen LogP contribution in [0.15, 0.2) is 0 Å². The second kappa shape index (κ2) is 4.95. The molecule has 0 heterocycles. The van der Waals surface area contributed by atoms with Crippen LogP contribution in [0, 0.1) is 9.86 Å². The Kier molecular flexibility index (Phi) is 5.19. The second-order valence-electron chi connectivity index (χ2n) is 6.61. The van der Waals surface area contributed by atoms with Crippen molar-refractivity contribution in [1.29, 1.82) is 0 Å². The van der Waals surface area contributed by atoms with Crippen LogP contribution in [0.5, 0.6) is 0 Å². The van der Waals surface area contributed by atoms with E-state index in [0.717, 1.165) is 0 Å². The Morgan fingerprint density at radius 3 is 1.40 bits per heavy atom. The van der Waals surface area contributed by atoms with Gasteiger partial charge in [-0.15, -0.1) is 0 Å². The standard InChI is InChI=1S/C6H18NSi2.C3H3.2CH3.Sn/c1-8(2,3)7-9(4,5)6;1-3-2;;;/h1-6H3;1H3;2*1H3;/q-1;;;;+1. The molecule has 15 heavy (non-hydrogen) atoms. The molecule has 0 saturated carbocycles. The van der Waals surface area contributed by atoms with Gasteiger partial charge in [-0.3, -0.25) is 0 Å². The minimum atomic E-state index is -2.30. The minimum absolute atomic E-state index is 1.21. The molecule has 0 saturated heterocycles. The third-order valence-electron chi connectivity index (χ3n) is 2.33. The Hall–Kier alpha value is 0.752. The van der Waals surface area contributed by atoms with Crippen molar-refractivity contribution in [2.45, 2.75) is 56.1 Å². The van der Waals surface area contributed by atoms with Gasteiger partial charge in [0.15, 0.2) is 0 Å². The molecule has 0 amide bonds. The van der Waals surface area contributed by atoms with E-state index in [1.165, 1.54) is 0 Å². The summed E-state index contributed by atoms with van der Waals surface area (Å²) in [4.78, 5) is 4.95. The Morgan fingerprint density at radius 1 is 0.867 bits per heavy atom. The number of nitrogens with zero attached hydrogens (tertiary/aromatic N) is 1. The van der Waals surface area contributed by atoms with E-state index in [4.69, 9.17) is 0 Å². The molecule has 0 unspecified atom stereocenters. The van der Waals surface area contributed by atoms with E-state index in [0.29, 0.717) is 0 Å². The molecule has 0 aromatic rings. The summed E-state index contributed by atoms with van der Waals surface area (Å²) in [6.07, 6.45) is 0. The fourth-order valence-corrected chi connectivity index (χ4v) is 46.0. The molecule has 0 spiro atoms. The molecule has 0 aliphatic heterocycles. The van der Waals surface area contributed by atoms with Gasteiger partial charge >= 0.3 is 104 Å². The van der Waals surface area contributed by atoms with E-state index < -0.39 is 35.1 Å². The molecule has 1 nitrogen and oxygen atoms in total. The van der Waals surface area contributed by atoms with Gasteiger partial charge in [0.05, 0.1) is 0 Å². The zero-order valence-corrected chi connectivity index (χ0v) is 16.8. The van der Waals surface area contributed by atoms with Gasteiger partial charge < -0.3 is 0 Å². The average Bonchev–Trinajstić information content (AvgIpc) is 1.75. The SMILES string of the molecule is CC#[C][Sn]([CH3])([CH3])[N]([Si](C)(C)C)[Si](C)(C)C.